The molecule has 0 saturated heterocycles. The van der Waals surface area contributed by atoms with Crippen molar-refractivity contribution in [1.82, 2.24) is 4.98 Å². The van der Waals surface area contributed by atoms with Crippen LogP contribution in [0.5, 0.6) is 0 Å². The van der Waals surface area contributed by atoms with E-state index in [-0.39, 0.29) is 5.69 Å². The van der Waals surface area contributed by atoms with Crippen LogP contribution in [0.4, 0.5) is 21.6 Å². The monoisotopic (exact) mass is 326 g/mol. The molecule has 3 aromatic rings. The molecule has 0 aliphatic rings. The molecule has 0 fully saturated rings. The molecule has 7 heteroatoms. The smallest absolute Gasteiger partial charge is 0.327 e. The van der Waals surface area contributed by atoms with Crippen molar-refractivity contribution in [2.45, 2.75) is 0 Å². The fourth-order valence-electron chi connectivity index (χ4n) is 2.40. The molecule has 0 spiro atoms. The van der Waals surface area contributed by atoms with Crippen molar-refractivity contribution in [3.05, 3.63) is 70.5 Å². The Labute approximate surface area is 137 Å². The predicted molar refractivity (Wildman–Crippen MR) is 91.8 cm³/mol. The minimum absolute atomic E-state index is 0.160. The van der Waals surface area contributed by atoms with Gasteiger partial charge in [0, 0.05) is 18.5 Å². The number of rotatable bonds is 6. The van der Waals surface area contributed by atoms with Gasteiger partial charge in [0.1, 0.15) is 11.5 Å². The Balaban J connectivity index is 1.61. The summed E-state index contributed by atoms with van der Waals surface area (Å²) in [5.74, 6) is -0.140. The Morgan fingerprint density at radius 3 is 2.62 bits per heavy atom. The number of para-hydroxylation sites is 2. The maximum Gasteiger partial charge on any atom is 0.327 e. The zero-order valence-corrected chi connectivity index (χ0v) is 12.7. The third-order valence-electron chi connectivity index (χ3n) is 3.51. The van der Waals surface area contributed by atoms with Gasteiger partial charge in [-0.25, -0.2) is 4.98 Å². The van der Waals surface area contributed by atoms with Crippen molar-refractivity contribution < 1.29 is 9.31 Å². The highest BCUT2D eigenvalue weighted by Crippen LogP contribution is 2.26. The van der Waals surface area contributed by atoms with Crippen LogP contribution in [0.2, 0.25) is 0 Å². The van der Waals surface area contributed by atoms with Crippen LogP contribution in [0.15, 0.2) is 54.6 Å². The summed E-state index contributed by atoms with van der Waals surface area (Å²) in [6.45, 7) is 0.873. The van der Waals surface area contributed by atoms with Crippen LogP contribution in [0.1, 0.15) is 0 Å². The minimum atomic E-state index is -0.853. The normalized spacial score (nSPS) is 10.5. The Morgan fingerprint density at radius 2 is 1.79 bits per heavy atom. The largest absolute Gasteiger partial charge is 0.378 e. The van der Waals surface area contributed by atoms with Crippen LogP contribution < -0.4 is 10.6 Å². The number of nitro groups is 1. The number of benzene rings is 2. The van der Waals surface area contributed by atoms with E-state index < -0.39 is 16.4 Å². The van der Waals surface area contributed by atoms with Gasteiger partial charge >= 0.3 is 5.69 Å². The molecule has 122 valence electrons. The number of nitro benzene ring substituents is 1. The summed E-state index contributed by atoms with van der Waals surface area (Å²) in [4.78, 5) is 14.7. The molecule has 3 rings (SSSR count). The molecule has 0 aliphatic carbocycles. The number of nitrogens with one attached hydrogen (secondary N) is 2. The molecule has 0 unspecified atom stereocenters. The van der Waals surface area contributed by atoms with Crippen LogP contribution in [0.3, 0.4) is 0 Å². The number of halogens is 1. The molecule has 0 atom stereocenters. The molecular weight excluding hydrogens is 311 g/mol. The minimum Gasteiger partial charge on any atom is -0.378 e. The second kappa shape index (κ2) is 6.91. The highest BCUT2D eigenvalue weighted by atomic mass is 19.1. The molecule has 2 aromatic carbocycles. The molecule has 0 saturated carbocycles. The summed E-state index contributed by atoms with van der Waals surface area (Å²) < 4.78 is 13.5. The third kappa shape index (κ3) is 3.40. The Kier molecular flexibility index (Phi) is 4.51. The molecule has 6 nitrogen and oxygen atoms in total. The van der Waals surface area contributed by atoms with E-state index in [1.165, 1.54) is 12.1 Å². The average Bonchev–Trinajstić information content (AvgIpc) is 2.58. The zero-order valence-electron chi connectivity index (χ0n) is 12.7. The summed E-state index contributed by atoms with van der Waals surface area (Å²) in [6.07, 6.45) is 0. The number of nitrogens with zero attached hydrogens (tertiary/aromatic N) is 2. The van der Waals surface area contributed by atoms with E-state index in [4.69, 9.17) is 0 Å². The van der Waals surface area contributed by atoms with Crippen molar-refractivity contribution in [3.8, 4) is 0 Å². The van der Waals surface area contributed by atoms with Crippen LogP contribution in [0, 0.1) is 15.9 Å². The quantitative estimate of drug-likeness (QED) is 0.409. The van der Waals surface area contributed by atoms with Crippen molar-refractivity contribution in [3.63, 3.8) is 0 Å². The van der Waals surface area contributed by atoms with Gasteiger partial charge in [-0.1, -0.05) is 24.3 Å². The lowest BCUT2D eigenvalue weighted by Crippen LogP contribution is -2.15. The van der Waals surface area contributed by atoms with E-state index in [1.54, 1.807) is 0 Å². The fraction of sp³-hybridized carbons (Fsp3) is 0.118. The van der Waals surface area contributed by atoms with E-state index in [1.807, 2.05) is 36.4 Å². The summed E-state index contributed by atoms with van der Waals surface area (Å²) >= 11 is 0. The van der Waals surface area contributed by atoms with Crippen molar-refractivity contribution in [2.75, 3.05) is 23.7 Å². The van der Waals surface area contributed by atoms with Gasteiger partial charge in [-0.15, -0.1) is 0 Å². The second-order valence-electron chi connectivity index (χ2n) is 5.14. The first-order valence-electron chi connectivity index (χ1n) is 7.41. The number of pyridine rings is 1. The first-order valence-corrected chi connectivity index (χ1v) is 7.41. The van der Waals surface area contributed by atoms with Gasteiger partial charge in [-0.2, -0.15) is 4.39 Å². The average molecular weight is 326 g/mol. The summed E-state index contributed by atoms with van der Waals surface area (Å²) in [7, 11) is 0. The van der Waals surface area contributed by atoms with Gasteiger partial charge in [0.2, 0.25) is 5.82 Å². The number of anilines is 2. The van der Waals surface area contributed by atoms with Crippen molar-refractivity contribution in [1.29, 1.82) is 0 Å². The van der Waals surface area contributed by atoms with E-state index in [9.17, 15) is 14.5 Å². The highest BCUT2D eigenvalue weighted by Gasteiger charge is 2.19. The van der Waals surface area contributed by atoms with Crippen LogP contribution in [-0.2, 0) is 0 Å². The van der Waals surface area contributed by atoms with Gasteiger partial charge < -0.3 is 10.6 Å². The van der Waals surface area contributed by atoms with E-state index >= 15 is 0 Å². The molecule has 2 N–H and O–H groups in total. The molecule has 1 aromatic heterocycles. The number of hydrogen-bond acceptors (Lipinski definition) is 5. The van der Waals surface area contributed by atoms with Crippen molar-refractivity contribution >= 4 is 28.1 Å². The Morgan fingerprint density at radius 1 is 1.00 bits per heavy atom. The van der Waals surface area contributed by atoms with Gasteiger partial charge in [0.25, 0.3) is 0 Å². The summed E-state index contributed by atoms with van der Waals surface area (Å²) in [5, 5.41) is 18.0. The zero-order chi connectivity index (χ0) is 16.9. The molecule has 0 bridgehead atoms. The van der Waals surface area contributed by atoms with Crippen LogP contribution in [-0.4, -0.2) is 23.0 Å². The molecule has 24 heavy (non-hydrogen) atoms. The standard InChI is InChI=1S/C17H15FN4O2/c18-13-5-3-7-15(17(13)22(23)24)19-10-11-20-16-9-8-12-4-1-2-6-14(12)21-16/h1-9,19H,10-11H2,(H,20,21). The lowest BCUT2D eigenvalue weighted by atomic mass is 10.2. The summed E-state index contributed by atoms with van der Waals surface area (Å²) in [6, 6.07) is 15.6. The Hall–Kier alpha value is -3.22. The SMILES string of the molecule is O=[N+]([O-])c1c(F)cccc1NCCNc1ccc2ccccc2n1. The molecule has 0 amide bonds. The Bertz CT molecular complexity index is 885. The van der Waals surface area contributed by atoms with E-state index in [0.717, 1.165) is 17.0 Å². The van der Waals surface area contributed by atoms with Crippen LogP contribution >= 0.6 is 0 Å². The lowest BCUT2D eigenvalue weighted by molar-refractivity contribution is -0.386. The van der Waals surface area contributed by atoms with Crippen LogP contribution in [0.25, 0.3) is 10.9 Å². The lowest BCUT2D eigenvalue weighted by Gasteiger charge is -2.09. The number of fused-ring (bicyclic) bond motifs is 1. The molecule has 0 radical (unpaired) electrons. The predicted octanol–water partition coefficient (Wildman–Crippen LogP) is 3.81. The van der Waals surface area contributed by atoms with Gasteiger partial charge in [0.05, 0.1) is 10.4 Å². The number of aromatic nitrogens is 1. The summed E-state index contributed by atoms with van der Waals surface area (Å²) in [5.41, 5.74) is 0.505. The highest BCUT2D eigenvalue weighted by molar-refractivity contribution is 5.80. The number of hydrogen-bond donors (Lipinski definition) is 2. The van der Waals surface area contributed by atoms with Gasteiger partial charge in [-0.05, 0) is 30.3 Å². The first kappa shape index (κ1) is 15.7. The molecule has 0 aliphatic heterocycles. The third-order valence-corrected chi connectivity index (χ3v) is 3.51. The van der Waals surface area contributed by atoms with Crippen molar-refractivity contribution in [2.24, 2.45) is 0 Å². The second-order valence-corrected chi connectivity index (χ2v) is 5.14. The molecule has 1 heterocycles. The first-order chi connectivity index (χ1) is 11.6. The molecular formula is C17H15FN4O2. The maximum absolute atomic E-state index is 13.5. The van der Waals surface area contributed by atoms with E-state index in [0.29, 0.717) is 18.9 Å². The van der Waals surface area contributed by atoms with E-state index in [2.05, 4.69) is 15.6 Å². The maximum atomic E-state index is 13.5. The van der Waals surface area contributed by atoms with Gasteiger partial charge in [0.15, 0.2) is 0 Å². The topological polar surface area (TPSA) is 80.1 Å². The fourth-order valence-corrected chi connectivity index (χ4v) is 2.40. The van der Waals surface area contributed by atoms with Gasteiger partial charge in [-0.3, -0.25) is 10.1 Å².